The maximum absolute atomic E-state index is 5.78. The Labute approximate surface area is 85.7 Å². The lowest BCUT2D eigenvalue weighted by atomic mass is 10.1. The van der Waals surface area contributed by atoms with E-state index in [1.807, 2.05) is 0 Å². The first-order valence-corrected chi connectivity index (χ1v) is 5.74. The predicted molar refractivity (Wildman–Crippen MR) is 53.1 cm³/mol. The van der Waals surface area contributed by atoms with Crippen molar-refractivity contribution in [3.05, 3.63) is 0 Å². The molecule has 0 amide bonds. The van der Waals surface area contributed by atoms with Crippen molar-refractivity contribution in [3.8, 4) is 0 Å². The number of hydrogen-bond donors (Lipinski definition) is 0. The van der Waals surface area contributed by atoms with Crippen LogP contribution in [0.3, 0.4) is 0 Å². The highest BCUT2D eigenvalue weighted by atomic mass is 16.8. The van der Waals surface area contributed by atoms with Crippen molar-refractivity contribution in [1.29, 1.82) is 0 Å². The fourth-order valence-corrected chi connectivity index (χ4v) is 1.81. The molecule has 3 atom stereocenters. The molecular weight excluding hydrogens is 180 g/mol. The third-order valence-electron chi connectivity index (χ3n) is 3.00. The first-order valence-electron chi connectivity index (χ1n) is 5.74. The topological polar surface area (TPSA) is 34.3 Å². The first-order chi connectivity index (χ1) is 6.80. The van der Waals surface area contributed by atoms with Crippen molar-refractivity contribution in [3.63, 3.8) is 0 Å². The molecule has 0 spiro atoms. The largest absolute Gasteiger partial charge is 0.371 e. The van der Waals surface area contributed by atoms with Crippen LogP contribution in [0.5, 0.6) is 0 Å². The zero-order chi connectivity index (χ0) is 10.0. The van der Waals surface area contributed by atoms with Gasteiger partial charge in [0.1, 0.15) is 12.2 Å². The summed E-state index contributed by atoms with van der Waals surface area (Å²) in [6.45, 7) is 5.89. The van der Waals surface area contributed by atoms with Crippen molar-refractivity contribution >= 4 is 0 Å². The minimum absolute atomic E-state index is 0.249. The van der Waals surface area contributed by atoms with Gasteiger partial charge in [-0.2, -0.15) is 0 Å². The number of unbranched alkanes of at least 4 members (excludes halogenated alkanes) is 1. The maximum Gasteiger partial charge on any atom is 0.195 e. The molecule has 3 heteroatoms. The van der Waals surface area contributed by atoms with Gasteiger partial charge in [-0.05, 0) is 6.42 Å². The van der Waals surface area contributed by atoms with E-state index in [9.17, 15) is 0 Å². The molecule has 3 nitrogen and oxygen atoms in total. The number of hydrogen-bond acceptors (Lipinski definition) is 3. The summed E-state index contributed by atoms with van der Waals surface area (Å²) in [5, 5.41) is 0. The summed E-state index contributed by atoms with van der Waals surface area (Å²) in [5.74, 6) is -0.249. The predicted octanol–water partition coefficient (Wildman–Crippen LogP) is 2.10. The van der Waals surface area contributed by atoms with Crippen molar-refractivity contribution < 1.29 is 14.2 Å². The standard InChI is InChI=1S/C11H20O3/c1-3-5-6-10-11(4-2,14-10)13-8-9-7-12-9/h9-10H,3-8H2,1-2H3. The van der Waals surface area contributed by atoms with Gasteiger partial charge in [-0.15, -0.1) is 0 Å². The van der Waals surface area contributed by atoms with E-state index >= 15 is 0 Å². The van der Waals surface area contributed by atoms with Crippen LogP contribution in [0.2, 0.25) is 0 Å². The Morgan fingerprint density at radius 3 is 2.79 bits per heavy atom. The van der Waals surface area contributed by atoms with Gasteiger partial charge in [0.15, 0.2) is 5.79 Å². The Hall–Kier alpha value is -0.120. The van der Waals surface area contributed by atoms with Gasteiger partial charge < -0.3 is 14.2 Å². The minimum Gasteiger partial charge on any atom is -0.371 e. The van der Waals surface area contributed by atoms with Gasteiger partial charge in [0.05, 0.1) is 13.2 Å². The van der Waals surface area contributed by atoms with E-state index in [0.29, 0.717) is 18.8 Å². The average molecular weight is 200 g/mol. The molecule has 2 rings (SSSR count). The normalized spacial score (nSPS) is 39.9. The summed E-state index contributed by atoms with van der Waals surface area (Å²) in [6, 6.07) is 0. The lowest BCUT2D eigenvalue weighted by Gasteiger charge is -2.10. The number of rotatable bonds is 7. The molecular formula is C11H20O3. The van der Waals surface area contributed by atoms with Crippen molar-refractivity contribution in [2.75, 3.05) is 13.2 Å². The third kappa shape index (κ3) is 2.27. The lowest BCUT2D eigenvalue weighted by molar-refractivity contribution is -0.0514. The molecule has 0 aromatic heterocycles. The SMILES string of the molecule is CCCCC1OC1(CC)OCC1CO1. The molecule has 0 radical (unpaired) electrons. The molecule has 82 valence electrons. The van der Waals surface area contributed by atoms with E-state index in [1.165, 1.54) is 12.8 Å². The van der Waals surface area contributed by atoms with Gasteiger partial charge in [0, 0.05) is 6.42 Å². The first kappa shape index (κ1) is 10.4. The molecule has 0 aliphatic carbocycles. The lowest BCUT2D eigenvalue weighted by Crippen LogP contribution is -2.21. The van der Waals surface area contributed by atoms with Crippen molar-refractivity contribution in [2.24, 2.45) is 0 Å². The van der Waals surface area contributed by atoms with E-state index in [0.717, 1.165) is 19.4 Å². The monoisotopic (exact) mass is 200 g/mol. The number of ether oxygens (including phenoxy) is 3. The molecule has 3 unspecified atom stereocenters. The van der Waals surface area contributed by atoms with Crippen molar-refractivity contribution in [2.45, 2.75) is 57.5 Å². The van der Waals surface area contributed by atoms with Crippen LogP contribution >= 0.6 is 0 Å². The van der Waals surface area contributed by atoms with Gasteiger partial charge in [-0.3, -0.25) is 0 Å². The summed E-state index contributed by atoms with van der Waals surface area (Å²) in [5.41, 5.74) is 0. The van der Waals surface area contributed by atoms with Crippen LogP contribution in [0.15, 0.2) is 0 Å². The van der Waals surface area contributed by atoms with E-state index in [1.54, 1.807) is 0 Å². The maximum atomic E-state index is 5.78. The van der Waals surface area contributed by atoms with Gasteiger partial charge in [-0.25, -0.2) is 0 Å². The summed E-state index contributed by atoms with van der Waals surface area (Å²) < 4.78 is 16.5. The summed E-state index contributed by atoms with van der Waals surface area (Å²) >= 11 is 0. The summed E-state index contributed by atoms with van der Waals surface area (Å²) in [6.07, 6.45) is 5.23. The molecule has 0 bridgehead atoms. The molecule has 2 saturated heterocycles. The molecule has 0 aromatic carbocycles. The second-order valence-corrected chi connectivity index (χ2v) is 4.18. The van der Waals surface area contributed by atoms with E-state index in [2.05, 4.69) is 13.8 Å². The molecule has 2 fully saturated rings. The highest BCUT2D eigenvalue weighted by Gasteiger charge is 2.56. The van der Waals surface area contributed by atoms with Crippen LogP contribution in [0, 0.1) is 0 Å². The van der Waals surface area contributed by atoms with Gasteiger partial charge in [-0.1, -0.05) is 26.7 Å². The van der Waals surface area contributed by atoms with E-state index < -0.39 is 0 Å². The van der Waals surface area contributed by atoms with E-state index in [-0.39, 0.29) is 5.79 Å². The van der Waals surface area contributed by atoms with Gasteiger partial charge in [0.2, 0.25) is 0 Å². The smallest absolute Gasteiger partial charge is 0.195 e. The zero-order valence-corrected chi connectivity index (χ0v) is 9.12. The molecule has 14 heavy (non-hydrogen) atoms. The Bertz CT molecular complexity index is 191. The quantitative estimate of drug-likeness (QED) is 0.590. The second kappa shape index (κ2) is 4.17. The fourth-order valence-electron chi connectivity index (χ4n) is 1.81. The molecule has 2 aliphatic heterocycles. The Morgan fingerprint density at radius 1 is 1.43 bits per heavy atom. The van der Waals surface area contributed by atoms with E-state index in [4.69, 9.17) is 14.2 Å². The molecule has 0 aromatic rings. The van der Waals surface area contributed by atoms with Crippen molar-refractivity contribution in [1.82, 2.24) is 0 Å². The minimum atomic E-state index is -0.249. The molecule has 0 N–H and O–H groups in total. The summed E-state index contributed by atoms with van der Waals surface area (Å²) in [4.78, 5) is 0. The Kier molecular flexibility index (Phi) is 3.10. The molecule has 2 aliphatic rings. The summed E-state index contributed by atoms with van der Waals surface area (Å²) in [7, 11) is 0. The van der Waals surface area contributed by atoms with Crippen LogP contribution in [-0.4, -0.2) is 31.2 Å². The third-order valence-corrected chi connectivity index (χ3v) is 3.00. The van der Waals surface area contributed by atoms with Crippen LogP contribution in [-0.2, 0) is 14.2 Å². The molecule has 0 saturated carbocycles. The highest BCUT2D eigenvalue weighted by molar-refractivity contribution is 4.94. The Balaban J connectivity index is 1.69. The highest BCUT2D eigenvalue weighted by Crippen LogP contribution is 2.44. The van der Waals surface area contributed by atoms with Crippen LogP contribution in [0.25, 0.3) is 0 Å². The average Bonchev–Trinajstić information content (AvgIpc) is 3.08. The second-order valence-electron chi connectivity index (χ2n) is 4.18. The van der Waals surface area contributed by atoms with Gasteiger partial charge >= 0.3 is 0 Å². The fraction of sp³-hybridized carbons (Fsp3) is 1.00. The van der Waals surface area contributed by atoms with Crippen LogP contribution < -0.4 is 0 Å². The van der Waals surface area contributed by atoms with Gasteiger partial charge in [0.25, 0.3) is 0 Å². The van der Waals surface area contributed by atoms with Crippen LogP contribution in [0.4, 0.5) is 0 Å². The molecule has 2 heterocycles. The number of epoxide rings is 2. The Morgan fingerprint density at radius 2 is 2.21 bits per heavy atom. The zero-order valence-electron chi connectivity index (χ0n) is 9.12. The van der Waals surface area contributed by atoms with Crippen LogP contribution in [0.1, 0.15) is 39.5 Å².